The van der Waals surface area contributed by atoms with Crippen molar-refractivity contribution >= 4 is 0 Å². The normalized spacial score (nSPS) is 16.7. The summed E-state index contributed by atoms with van der Waals surface area (Å²) in [6, 6.07) is 5.47. The van der Waals surface area contributed by atoms with Gasteiger partial charge < -0.3 is 4.74 Å². The van der Waals surface area contributed by atoms with Crippen LogP contribution in [-0.4, -0.2) is 11.6 Å². The highest BCUT2D eigenvalue weighted by molar-refractivity contribution is 5.31. The predicted octanol–water partition coefficient (Wildman–Crippen LogP) is 2.91. The lowest BCUT2D eigenvalue weighted by Crippen LogP contribution is -2.15. The molecule has 3 heteroatoms. The number of nitriles is 1. The molecule has 0 N–H and O–H groups in total. The third kappa shape index (κ3) is 2.96. The summed E-state index contributed by atoms with van der Waals surface area (Å²) < 4.78 is 5.63. The molecule has 0 spiro atoms. The van der Waals surface area contributed by atoms with Crippen LogP contribution in [0.2, 0.25) is 0 Å². The molecule has 0 unspecified atom stereocenters. The van der Waals surface area contributed by atoms with Gasteiger partial charge in [0.1, 0.15) is 0 Å². The Hall–Kier alpha value is -1.56. The molecule has 1 aromatic heterocycles. The van der Waals surface area contributed by atoms with E-state index in [1.165, 1.54) is 32.1 Å². The summed E-state index contributed by atoms with van der Waals surface area (Å²) in [4.78, 5) is 4.10. The van der Waals surface area contributed by atoms with Crippen molar-refractivity contribution in [3.8, 4) is 11.9 Å². The van der Waals surface area contributed by atoms with Crippen LogP contribution in [-0.2, 0) is 0 Å². The van der Waals surface area contributed by atoms with Crippen molar-refractivity contribution in [1.82, 2.24) is 4.98 Å². The monoisotopic (exact) mass is 216 g/mol. The summed E-state index contributed by atoms with van der Waals surface area (Å²) in [6.45, 7) is 0.738. The van der Waals surface area contributed by atoms with E-state index < -0.39 is 0 Å². The molecule has 3 nitrogen and oxygen atoms in total. The van der Waals surface area contributed by atoms with Gasteiger partial charge in [0, 0.05) is 12.3 Å². The fraction of sp³-hybridized carbons (Fsp3) is 0.538. The lowest BCUT2D eigenvalue weighted by atomic mass is 9.90. The number of rotatable bonds is 3. The van der Waals surface area contributed by atoms with E-state index in [1.54, 1.807) is 18.3 Å². The fourth-order valence-corrected chi connectivity index (χ4v) is 2.11. The van der Waals surface area contributed by atoms with Crippen molar-refractivity contribution < 1.29 is 4.74 Å². The van der Waals surface area contributed by atoms with Crippen LogP contribution >= 0.6 is 0 Å². The third-order valence-electron chi connectivity index (χ3n) is 3.06. The first kappa shape index (κ1) is 10.9. The quantitative estimate of drug-likeness (QED) is 0.780. The van der Waals surface area contributed by atoms with Crippen molar-refractivity contribution in [2.45, 2.75) is 32.1 Å². The van der Waals surface area contributed by atoms with Gasteiger partial charge in [-0.05, 0) is 24.8 Å². The zero-order valence-electron chi connectivity index (χ0n) is 9.35. The van der Waals surface area contributed by atoms with Gasteiger partial charge in [-0.3, -0.25) is 0 Å². The summed E-state index contributed by atoms with van der Waals surface area (Å²) in [5.41, 5.74) is 0.605. The van der Waals surface area contributed by atoms with E-state index in [2.05, 4.69) is 11.1 Å². The Morgan fingerprint density at radius 3 is 2.94 bits per heavy atom. The number of ether oxygens (including phenoxy) is 1. The molecule has 1 aliphatic carbocycles. The molecule has 1 heterocycles. The van der Waals surface area contributed by atoms with Crippen molar-refractivity contribution in [3.05, 3.63) is 23.9 Å². The molecule has 0 aliphatic heterocycles. The highest BCUT2D eigenvalue weighted by Crippen LogP contribution is 2.24. The largest absolute Gasteiger partial charge is 0.477 e. The maximum atomic E-state index is 8.75. The van der Waals surface area contributed by atoms with Gasteiger partial charge in [-0.15, -0.1) is 0 Å². The Morgan fingerprint density at radius 1 is 1.38 bits per heavy atom. The molecule has 0 amide bonds. The molecule has 2 rings (SSSR count). The molecule has 16 heavy (non-hydrogen) atoms. The lowest BCUT2D eigenvalue weighted by molar-refractivity contribution is 0.203. The summed E-state index contributed by atoms with van der Waals surface area (Å²) in [5, 5.41) is 8.75. The second-order valence-electron chi connectivity index (χ2n) is 4.31. The molecule has 0 aromatic carbocycles. The Kier molecular flexibility index (Phi) is 3.76. The third-order valence-corrected chi connectivity index (χ3v) is 3.06. The predicted molar refractivity (Wildman–Crippen MR) is 61.0 cm³/mol. The topological polar surface area (TPSA) is 45.9 Å². The summed E-state index contributed by atoms with van der Waals surface area (Å²) >= 11 is 0. The summed E-state index contributed by atoms with van der Waals surface area (Å²) in [5.74, 6) is 1.24. The van der Waals surface area contributed by atoms with Crippen LogP contribution in [0.15, 0.2) is 18.3 Å². The van der Waals surface area contributed by atoms with Gasteiger partial charge in [0.05, 0.1) is 18.2 Å². The second kappa shape index (κ2) is 5.50. The molecule has 1 saturated carbocycles. The maximum Gasteiger partial charge on any atom is 0.214 e. The van der Waals surface area contributed by atoms with E-state index >= 15 is 0 Å². The summed E-state index contributed by atoms with van der Waals surface area (Å²) in [7, 11) is 0. The van der Waals surface area contributed by atoms with Crippen LogP contribution in [0.4, 0.5) is 0 Å². The average molecular weight is 216 g/mol. The van der Waals surface area contributed by atoms with Crippen LogP contribution in [0.25, 0.3) is 0 Å². The Labute approximate surface area is 96.1 Å². The number of hydrogen-bond acceptors (Lipinski definition) is 3. The Morgan fingerprint density at radius 2 is 2.19 bits per heavy atom. The van der Waals surface area contributed by atoms with E-state index in [1.807, 2.05) is 0 Å². The van der Waals surface area contributed by atoms with Gasteiger partial charge in [0.25, 0.3) is 0 Å². The number of nitrogens with zero attached hydrogens (tertiary/aromatic N) is 2. The smallest absolute Gasteiger partial charge is 0.214 e. The first-order valence-electron chi connectivity index (χ1n) is 5.87. The molecular formula is C13H16N2O. The first-order valence-corrected chi connectivity index (χ1v) is 5.87. The van der Waals surface area contributed by atoms with Crippen molar-refractivity contribution in [2.24, 2.45) is 5.92 Å². The van der Waals surface area contributed by atoms with Gasteiger partial charge in [0.2, 0.25) is 5.88 Å². The second-order valence-corrected chi connectivity index (χ2v) is 4.31. The highest BCUT2D eigenvalue weighted by atomic mass is 16.5. The first-order chi connectivity index (χ1) is 7.88. The van der Waals surface area contributed by atoms with Gasteiger partial charge in [-0.2, -0.15) is 5.26 Å². The molecular weight excluding hydrogens is 200 g/mol. The fourth-order valence-electron chi connectivity index (χ4n) is 2.11. The minimum atomic E-state index is 0.574. The number of aromatic nitrogens is 1. The maximum absolute atomic E-state index is 8.75. The summed E-state index contributed by atoms with van der Waals surface area (Å²) in [6.07, 6.45) is 8.14. The van der Waals surface area contributed by atoms with Gasteiger partial charge in [-0.1, -0.05) is 19.3 Å². The zero-order valence-corrected chi connectivity index (χ0v) is 9.35. The molecule has 1 fully saturated rings. The number of hydrogen-bond donors (Lipinski definition) is 0. The van der Waals surface area contributed by atoms with E-state index in [4.69, 9.17) is 10.00 Å². The molecule has 1 aliphatic rings. The highest BCUT2D eigenvalue weighted by Gasteiger charge is 2.14. The van der Waals surface area contributed by atoms with Crippen LogP contribution in [0, 0.1) is 17.2 Å². The zero-order chi connectivity index (χ0) is 11.2. The van der Waals surface area contributed by atoms with Gasteiger partial charge in [0.15, 0.2) is 0 Å². The van der Waals surface area contributed by atoms with Crippen LogP contribution < -0.4 is 4.74 Å². The van der Waals surface area contributed by atoms with Crippen molar-refractivity contribution in [3.63, 3.8) is 0 Å². The van der Waals surface area contributed by atoms with E-state index in [-0.39, 0.29) is 0 Å². The molecule has 0 radical (unpaired) electrons. The van der Waals surface area contributed by atoms with E-state index in [0.717, 1.165) is 6.61 Å². The SMILES string of the molecule is N#Cc1ccnc(OCC2CCCCC2)c1. The van der Waals surface area contributed by atoms with E-state index in [9.17, 15) is 0 Å². The Bertz CT molecular complexity index is 378. The van der Waals surface area contributed by atoms with Crippen LogP contribution in [0.1, 0.15) is 37.7 Å². The molecule has 84 valence electrons. The molecule has 0 bridgehead atoms. The van der Waals surface area contributed by atoms with Crippen molar-refractivity contribution in [2.75, 3.05) is 6.61 Å². The van der Waals surface area contributed by atoms with Gasteiger partial charge in [-0.25, -0.2) is 4.98 Å². The molecule has 1 aromatic rings. The Balaban J connectivity index is 1.86. The standard InChI is InChI=1S/C13H16N2O/c14-9-12-6-7-15-13(8-12)16-10-11-4-2-1-3-5-11/h6-8,11H,1-5,10H2. The van der Waals surface area contributed by atoms with Crippen LogP contribution in [0.5, 0.6) is 5.88 Å². The molecule has 0 atom stereocenters. The van der Waals surface area contributed by atoms with Crippen molar-refractivity contribution in [1.29, 1.82) is 5.26 Å². The molecule has 0 saturated heterocycles. The van der Waals surface area contributed by atoms with Crippen LogP contribution in [0.3, 0.4) is 0 Å². The lowest BCUT2D eigenvalue weighted by Gasteiger charge is -2.21. The number of pyridine rings is 1. The van der Waals surface area contributed by atoms with Gasteiger partial charge >= 0.3 is 0 Å². The van der Waals surface area contributed by atoms with E-state index in [0.29, 0.717) is 17.4 Å². The minimum Gasteiger partial charge on any atom is -0.477 e. The average Bonchev–Trinajstić information content (AvgIpc) is 2.38. The minimum absolute atomic E-state index is 0.574.